The van der Waals surface area contributed by atoms with Gasteiger partial charge in [-0.25, -0.2) is 0 Å². The third kappa shape index (κ3) is 3.34. The van der Waals surface area contributed by atoms with Gasteiger partial charge in [0, 0.05) is 24.8 Å². The average molecular weight is 393 g/mol. The highest BCUT2D eigenvalue weighted by Crippen LogP contribution is 2.44. The van der Waals surface area contributed by atoms with Crippen molar-refractivity contribution >= 4 is 5.91 Å². The number of ether oxygens (including phenoxy) is 2. The molecule has 0 spiro atoms. The fourth-order valence-electron chi connectivity index (χ4n) is 3.78. The van der Waals surface area contributed by atoms with E-state index in [-0.39, 0.29) is 17.7 Å². The van der Waals surface area contributed by atoms with Crippen molar-refractivity contribution < 1.29 is 19.4 Å². The van der Waals surface area contributed by atoms with E-state index in [0.717, 1.165) is 16.9 Å². The van der Waals surface area contributed by atoms with Crippen LogP contribution in [0.3, 0.4) is 0 Å². The number of H-pyrrole nitrogens is 1. The van der Waals surface area contributed by atoms with Gasteiger partial charge in [0.15, 0.2) is 0 Å². The van der Waals surface area contributed by atoms with Crippen LogP contribution in [0.1, 0.15) is 34.6 Å². The molecule has 1 aliphatic rings. The van der Waals surface area contributed by atoms with Gasteiger partial charge in [0.25, 0.3) is 5.91 Å². The van der Waals surface area contributed by atoms with E-state index in [1.807, 2.05) is 37.3 Å². The molecule has 1 unspecified atom stereocenters. The number of rotatable bonds is 7. The molecule has 2 N–H and O–H groups in total. The zero-order chi connectivity index (χ0) is 20.4. The van der Waals surface area contributed by atoms with E-state index < -0.39 is 0 Å². The Labute approximate surface area is 168 Å². The summed E-state index contributed by atoms with van der Waals surface area (Å²) in [5, 5.41) is 17.6. The van der Waals surface area contributed by atoms with Crippen LogP contribution >= 0.6 is 0 Å². The van der Waals surface area contributed by atoms with Crippen LogP contribution in [-0.2, 0) is 4.74 Å². The van der Waals surface area contributed by atoms with E-state index in [0.29, 0.717) is 36.7 Å². The molecule has 0 saturated carbocycles. The molecule has 2 heterocycles. The number of nitrogens with zero attached hydrogens (tertiary/aromatic N) is 2. The van der Waals surface area contributed by atoms with Crippen molar-refractivity contribution in [2.45, 2.75) is 13.0 Å². The summed E-state index contributed by atoms with van der Waals surface area (Å²) in [7, 11) is 1.61. The Kier molecular flexibility index (Phi) is 5.22. The highest BCUT2D eigenvalue weighted by atomic mass is 16.5. The Morgan fingerprint density at radius 3 is 2.79 bits per heavy atom. The quantitative estimate of drug-likeness (QED) is 0.643. The molecule has 1 atom stereocenters. The van der Waals surface area contributed by atoms with Crippen molar-refractivity contribution in [3.05, 3.63) is 65.4 Å². The van der Waals surface area contributed by atoms with Gasteiger partial charge in [-0.3, -0.25) is 9.89 Å². The zero-order valence-corrected chi connectivity index (χ0v) is 16.4. The monoisotopic (exact) mass is 393 g/mol. The Balaban J connectivity index is 1.86. The van der Waals surface area contributed by atoms with Crippen molar-refractivity contribution in [1.29, 1.82) is 0 Å². The van der Waals surface area contributed by atoms with Crippen LogP contribution in [0.2, 0.25) is 0 Å². The molecule has 150 valence electrons. The van der Waals surface area contributed by atoms with E-state index in [2.05, 4.69) is 10.2 Å². The molecule has 1 amide bonds. The summed E-state index contributed by atoms with van der Waals surface area (Å²) >= 11 is 0. The number of hydrogen-bond acceptors (Lipinski definition) is 5. The highest BCUT2D eigenvalue weighted by Gasteiger charge is 2.42. The number of methoxy groups -OCH3 is 1. The van der Waals surface area contributed by atoms with Gasteiger partial charge >= 0.3 is 0 Å². The first-order chi connectivity index (χ1) is 14.2. The molecule has 0 bridgehead atoms. The number of fused-ring (bicyclic) bond motifs is 1. The topological polar surface area (TPSA) is 87.7 Å². The Morgan fingerprint density at radius 2 is 2.03 bits per heavy atom. The molecule has 2 aromatic carbocycles. The first kappa shape index (κ1) is 19.0. The van der Waals surface area contributed by atoms with Gasteiger partial charge in [0.2, 0.25) is 0 Å². The van der Waals surface area contributed by atoms with Gasteiger partial charge in [-0.15, -0.1) is 0 Å². The fourth-order valence-corrected chi connectivity index (χ4v) is 3.78. The summed E-state index contributed by atoms with van der Waals surface area (Å²) in [6.45, 7) is 3.33. The number of carbonyl (C=O) groups is 1. The van der Waals surface area contributed by atoms with Crippen LogP contribution in [-0.4, -0.2) is 53.0 Å². The maximum Gasteiger partial charge on any atom is 0.273 e. The minimum atomic E-state index is -0.360. The minimum absolute atomic E-state index is 0.117. The minimum Gasteiger partial charge on any atom is -0.507 e. The van der Waals surface area contributed by atoms with Crippen molar-refractivity contribution in [3.8, 4) is 22.8 Å². The lowest BCUT2D eigenvalue weighted by molar-refractivity contribution is 0.0677. The number of aromatic amines is 1. The number of para-hydroxylation sites is 1. The average Bonchev–Trinajstić information content (AvgIpc) is 3.26. The molecule has 3 aromatic rings. The third-order valence-electron chi connectivity index (χ3n) is 5.04. The summed E-state index contributed by atoms with van der Waals surface area (Å²) in [6, 6.07) is 14.4. The second-order valence-corrected chi connectivity index (χ2v) is 6.78. The summed E-state index contributed by atoms with van der Waals surface area (Å²) < 4.78 is 10.9. The van der Waals surface area contributed by atoms with Crippen molar-refractivity contribution in [1.82, 2.24) is 15.1 Å². The van der Waals surface area contributed by atoms with Gasteiger partial charge < -0.3 is 19.5 Å². The summed E-state index contributed by atoms with van der Waals surface area (Å²) in [6.07, 6.45) is 0. The van der Waals surface area contributed by atoms with Crippen LogP contribution in [0.5, 0.6) is 11.5 Å². The Morgan fingerprint density at radius 1 is 1.21 bits per heavy atom. The molecule has 1 aromatic heterocycles. The number of aromatic nitrogens is 2. The van der Waals surface area contributed by atoms with Crippen LogP contribution in [0, 0.1) is 0 Å². The van der Waals surface area contributed by atoms with E-state index in [1.54, 1.807) is 30.2 Å². The molecular formula is C22H23N3O4. The number of carbonyl (C=O) groups excluding carboxylic acids is 1. The molecule has 0 fully saturated rings. The van der Waals surface area contributed by atoms with Crippen molar-refractivity contribution in [2.75, 3.05) is 26.9 Å². The second kappa shape index (κ2) is 7.97. The molecule has 29 heavy (non-hydrogen) atoms. The molecule has 7 heteroatoms. The number of benzene rings is 2. The van der Waals surface area contributed by atoms with Gasteiger partial charge in [-0.1, -0.05) is 24.3 Å². The molecule has 0 aliphatic carbocycles. The number of amides is 1. The third-order valence-corrected chi connectivity index (χ3v) is 5.04. The fraction of sp³-hybridized carbons (Fsp3) is 0.273. The number of phenolic OH excluding ortho intramolecular Hbond substituents is 1. The second-order valence-electron chi connectivity index (χ2n) is 6.78. The summed E-state index contributed by atoms with van der Waals surface area (Å²) in [5.41, 5.74) is 3.25. The highest BCUT2D eigenvalue weighted by molar-refractivity contribution is 6.00. The molecule has 1 aliphatic heterocycles. The molecule has 7 nitrogen and oxygen atoms in total. The lowest BCUT2D eigenvalue weighted by atomic mass is 9.95. The lowest BCUT2D eigenvalue weighted by Crippen LogP contribution is -2.32. The number of nitrogens with one attached hydrogen (secondary N) is 1. The predicted molar refractivity (Wildman–Crippen MR) is 108 cm³/mol. The SMILES string of the molecule is CCOc1cccc(C2c3c(-c4ccccc4O)n[nH]c3C(=O)N2CCOC)c1. The van der Waals surface area contributed by atoms with E-state index >= 15 is 0 Å². The largest absolute Gasteiger partial charge is 0.507 e. The van der Waals surface area contributed by atoms with Gasteiger partial charge in [-0.05, 0) is 36.8 Å². The van der Waals surface area contributed by atoms with Crippen LogP contribution in [0.15, 0.2) is 48.5 Å². The van der Waals surface area contributed by atoms with Gasteiger partial charge in [-0.2, -0.15) is 5.10 Å². The van der Waals surface area contributed by atoms with Crippen LogP contribution in [0.4, 0.5) is 0 Å². The Bertz CT molecular complexity index is 1030. The molecular weight excluding hydrogens is 370 g/mol. The van der Waals surface area contributed by atoms with Crippen LogP contribution in [0.25, 0.3) is 11.3 Å². The number of aromatic hydroxyl groups is 1. The Hall–Kier alpha value is -3.32. The van der Waals surface area contributed by atoms with E-state index in [4.69, 9.17) is 9.47 Å². The maximum absolute atomic E-state index is 13.1. The summed E-state index contributed by atoms with van der Waals surface area (Å²) in [4.78, 5) is 14.9. The van der Waals surface area contributed by atoms with E-state index in [1.165, 1.54) is 0 Å². The zero-order valence-electron chi connectivity index (χ0n) is 16.4. The van der Waals surface area contributed by atoms with Gasteiger partial charge in [0.1, 0.15) is 22.9 Å². The van der Waals surface area contributed by atoms with Crippen molar-refractivity contribution in [2.24, 2.45) is 0 Å². The smallest absolute Gasteiger partial charge is 0.273 e. The lowest BCUT2D eigenvalue weighted by Gasteiger charge is -2.26. The van der Waals surface area contributed by atoms with Crippen molar-refractivity contribution in [3.63, 3.8) is 0 Å². The molecule has 4 rings (SSSR count). The van der Waals surface area contributed by atoms with Crippen LogP contribution < -0.4 is 4.74 Å². The normalized spacial score (nSPS) is 15.6. The van der Waals surface area contributed by atoms with E-state index in [9.17, 15) is 9.90 Å². The predicted octanol–water partition coefficient (Wildman–Crippen LogP) is 3.37. The first-order valence-corrected chi connectivity index (χ1v) is 9.55. The standard InChI is InChI=1S/C22H23N3O4/c1-3-29-15-8-6-7-14(13-15)21-18-19(16-9-4-5-10-17(16)26)23-24-20(18)22(27)25(21)11-12-28-2/h4-10,13,21,26H,3,11-12H2,1-2H3,(H,23,24). The molecule has 0 saturated heterocycles. The molecule has 0 radical (unpaired) electrons. The number of hydrogen-bond donors (Lipinski definition) is 2. The van der Waals surface area contributed by atoms with Gasteiger partial charge in [0.05, 0.1) is 19.3 Å². The first-order valence-electron chi connectivity index (χ1n) is 9.55. The number of phenols is 1. The maximum atomic E-state index is 13.1. The summed E-state index contributed by atoms with van der Waals surface area (Å²) in [5.74, 6) is 0.717.